The highest BCUT2D eigenvalue weighted by Gasteiger charge is 2.37. The van der Waals surface area contributed by atoms with Crippen LogP contribution in [-0.4, -0.2) is 31.7 Å². The van der Waals surface area contributed by atoms with Crippen LogP contribution >= 0.6 is 15.9 Å². The Morgan fingerprint density at radius 3 is 2.40 bits per heavy atom. The van der Waals surface area contributed by atoms with Crippen LogP contribution in [0.4, 0.5) is 0 Å². The predicted molar refractivity (Wildman–Crippen MR) is 60.9 cm³/mol. The minimum atomic E-state index is -3.26. The van der Waals surface area contributed by atoms with Crippen LogP contribution < -0.4 is 0 Å². The third-order valence-electron chi connectivity index (χ3n) is 2.43. The summed E-state index contributed by atoms with van der Waals surface area (Å²) < 4.78 is 29.4. The van der Waals surface area contributed by atoms with Gasteiger partial charge in [-0.05, 0) is 12.1 Å². The fourth-order valence-electron chi connectivity index (χ4n) is 1.58. The minimum absolute atomic E-state index is 0.109. The van der Waals surface area contributed by atoms with Crippen LogP contribution in [0.2, 0.25) is 0 Å². The molecule has 1 saturated heterocycles. The van der Waals surface area contributed by atoms with Gasteiger partial charge in [-0.3, -0.25) is 0 Å². The van der Waals surface area contributed by atoms with Crippen LogP contribution in [0.3, 0.4) is 0 Å². The topological polar surface area (TPSA) is 43.4 Å². The van der Waals surface area contributed by atoms with E-state index in [0.29, 0.717) is 11.5 Å². The van der Waals surface area contributed by atoms with E-state index in [1.165, 1.54) is 0 Å². The SMILES string of the molecule is O=S(=O)(c1ccccc1)C1COCC1Br. The zero-order valence-electron chi connectivity index (χ0n) is 7.97. The summed E-state index contributed by atoms with van der Waals surface area (Å²) in [6.07, 6.45) is 0. The van der Waals surface area contributed by atoms with Crippen LogP contribution in [0.5, 0.6) is 0 Å². The highest BCUT2D eigenvalue weighted by atomic mass is 79.9. The van der Waals surface area contributed by atoms with Crippen LogP contribution in [0.25, 0.3) is 0 Å². The zero-order valence-corrected chi connectivity index (χ0v) is 10.4. The summed E-state index contributed by atoms with van der Waals surface area (Å²) in [7, 11) is -3.26. The average molecular weight is 291 g/mol. The number of benzene rings is 1. The Labute approximate surface area is 97.5 Å². The van der Waals surface area contributed by atoms with Crippen molar-refractivity contribution in [3.63, 3.8) is 0 Å². The molecule has 2 unspecified atom stereocenters. The van der Waals surface area contributed by atoms with E-state index in [1.807, 2.05) is 0 Å². The van der Waals surface area contributed by atoms with Crippen LogP contribution in [0.15, 0.2) is 35.2 Å². The molecule has 2 atom stereocenters. The van der Waals surface area contributed by atoms with Gasteiger partial charge in [0, 0.05) is 0 Å². The summed E-state index contributed by atoms with van der Waals surface area (Å²) in [5.41, 5.74) is 0. The first-order valence-corrected chi connectivity index (χ1v) is 7.09. The van der Waals surface area contributed by atoms with E-state index in [1.54, 1.807) is 30.3 Å². The van der Waals surface area contributed by atoms with Gasteiger partial charge in [-0.15, -0.1) is 0 Å². The number of ether oxygens (including phenoxy) is 1. The molecule has 0 radical (unpaired) electrons. The number of rotatable bonds is 2. The normalized spacial score (nSPS) is 26.7. The average Bonchev–Trinajstić information content (AvgIpc) is 2.66. The molecule has 0 spiro atoms. The Morgan fingerprint density at radius 2 is 1.87 bits per heavy atom. The maximum atomic E-state index is 12.1. The zero-order chi connectivity index (χ0) is 10.9. The molecule has 1 fully saturated rings. The van der Waals surface area contributed by atoms with E-state index in [-0.39, 0.29) is 11.4 Å². The smallest absolute Gasteiger partial charge is 0.184 e. The quantitative estimate of drug-likeness (QED) is 0.778. The molecule has 0 bridgehead atoms. The second-order valence-corrected chi connectivity index (χ2v) is 6.79. The molecule has 1 heterocycles. The number of halogens is 1. The molecule has 82 valence electrons. The van der Waals surface area contributed by atoms with Gasteiger partial charge in [0.2, 0.25) is 0 Å². The standard InChI is InChI=1S/C10H11BrO3S/c11-9-6-14-7-10(9)15(12,13)8-4-2-1-3-5-8/h1-5,9-10H,6-7H2. The van der Waals surface area contributed by atoms with Gasteiger partial charge in [0.05, 0.1) is 22.9 Å². The molecule has 0 saturated carbocycles. The van der Waals surface area contributed by atoms with Crippen LogP contribution in [0, 0.1) is 0 Å². The molecule has 0 N–H and O–H groups in total. The molecule has 1 aromatic rings. The summed E-state index contributed by atoms with van der Waals surface area (Å²) in [6.45, 7) is 0.726. The first-order chi connectivity index (χ1) is 7.12. The van der Waals surface area contributed by atoms with Crippen LogP contribution in [0.1, 0.15) is 0 Å². The fourth-order valence-corrected chi connectivity index (χ4v) is 4.40. The molecule has 15 heavy (non-hydrogen) atoms. The van der Waals surface area contributed by atoms with Gasteiger partial charge in [-0.25, -0.2) is 8.42 Å². The van der Waals surface area contributed by atoms with Crippen molar-refractivity contribution in [2.45, 2.75) is 15.0 Å². The van der Waals surface area contributed by atoms with Gasteiger partial charge >= 0.3 is 0 Å². The first kappa shape index (κ1) is 11.1. The molecule has 1 aliphatic rings. The second kappa shape index (κ2) is 4.23. The number of sulfone groups is 1. The number of hydrogen-bond donors (Lipinski definition) is 0. The lowest BCUT2D eigenvalue weighted by molar-refractivity contribution is 0.200. The van der Waals surface area contributed by atoms with Crippen molar-refractivity contribution in [3.05, 3.63) is 30.3 Å². The maximum absolute atomic E-state index is 12.1. The van der Waals surface area contributed by atoms with E-state index < -0.39 is 15.1 Å². The molecule has 1 aromatic carbocycles. The molecular weight excluding hydrogens is 280 g/mol. The Bertz CT molecular complexity index is 429. The van der Waals surface area contributed by atoms with E-state index in [9.17, 15) is 8.42 Å². The van der Waals surface area contributed by atoms with Gasteiger partial charge in [0.15, 0.2) is 9.84 Å². The summed E-state index contributed by atoms with van der Waals surface area (Å²) in [5, 5.41) is -0.472. The van der Waals surface area contributed by atoms with Crippen molar-refractivity contribution in [3.8, 4) is 0 Å². The number of hydrogen-bond acceptors (Lipinski definition) is 3. The Hall–Kier alpha value is -0.390. The van der Waals surface area contributed by atoms with E-state index in [2.05, 4.69) is 15.9 Å². The largest absolute Gasteiger partial charge is 0.379 e. The van der Waals surface area contributed by atoms with Crippen molar-refractivity contribution >= 4 is 25.8 Å². The van der Waals surface area contributed by atoms with Gasteiger partial charge in [0.1, 0.15) is 5.25 Å². The summed E-state index contributed by atoms with van der Waals surface area (Å²) in [5.74, 6) is 0. The van der Waals surface area contributed by atoms with Crippen LogP contribution in [-0.2, 0) is 14.6 Å². The highest BCUT2D eigenvalue weighted by Crippen LogP contribution is 2.26. The molecule has 2 rings (SSSR count). The number of alkyl halides is 1. The molecule has 1 aliphatic heterocycles. The Morgan fingerprint density at radius 1 is 1.20 bits per heavy atom. The molecule has 0 amide bonds. The highest BCUT2D eigenvalue weighted by molar-refractivity contribution is 9.09. The summed E-state index contributed by atoms with van der Waals surface area (Å²) >= 11 is 3.33. The monoisotopic (exact) mass is 290 g/mol. The predicted octanol–water partition coefficient (Wildman–Crippen LogP) is 1.62. The molecular formula is C10H11BrO3S. The van der Waals surface area contributed by atoms with Gasteiger partial charge < -0.3 is 4.74 Å². The van der Waals surface area contributed by atoms with E-state index >= 15 is 0 Å². The van der Waals surface area contributed by atoms with Crippen molar-refractivity contribution in [1.29, 1.82) is 0 Å². The Balaban J connectivity index is 2.35. The van der Waals surface area contributed by atoms with Gasteiger partial charge in [-0.1, -0.05) is 34.1 Å². The summed E-state index contributed by atoms with van der Waals surface area (Å²) in [4.78, 5) is 0.257. The first-order valence-electron chi connectivity index (χ1n) is 4.63. The van der Waals surface area contributed by atoms with Gasteiger partial charge in [-0.2, -0.15) is 0 Å². The van der Waals surface area contributed by atoms with Crippen molar-refractivity contribution in [2.75, 3.05) is 13.2 Å². The fraction of sp³-hybridized carbons (Fsp3) is 0.400. The molecule has 5 heteroatoms. The Kier molecular flexibility index (Phi) is 3.13. The molecule has 0 aliphatic carbocycles. The summed E-state index contributed by atoms with van der Waals surface area (Å²) in [6, 6.07) is 8.49. The molecule has 3 nitrogen and oxygen atoms in total. The molecule has 0 aromatic heterocycles. The van der Waals surface area contributed by atoms with Crippen molar-refractivity contribution in [1.82, 2.24) is 0 Å². The van der Waals surface area contributed by atoms with Crippen molar-refractivity contribution in [2.24, 2.45) is 0 Å². The minimum Gasteiger partial charge on any atom is -0.379 e. The lowest BCUT2D eigenvalue weighted by atomic mass is 10.4. The third-order valence-corrected chi connectivity index (χ3v) is 5.88. The maximum Gasteiger partial charge on any atom is 0.184 e. The third kappa shape index (κ3) is 2.09. The van der Waals surface area contributed by atoms with E-state index in [0.717, 1.165) is 0 Å². The van der Waals surface area contributed by atoms with E-state index in [4.69, 9.17) is 4.74 Å². The second-order valence-electron chi connectivity index (χ2n) is 3.45. The van der Waals surface area contributed by atoms with Crippen molar-refractivity contribution < 1.29 is 13.2 Å². The van der Waals surface area contributed by atoms with Gasteiger partial charge in [0.25, 0.3) is 0 Å². The lowest BCUT2D eigenvalue weighted by Gasteiger charge is -2.12. The lowest BCUT2D eigenvalue weighted by Crippen LogP contribution is -2.29.